The Kier molecular flexibility index (Phi) is 6.93. The third kappa shape index (κ3) is 6.31. The summed E-state index contributed by atoms with van der Waals surface area (Å²) >= 11 is 0. The normalized spacial score (nSPS) is 11.6. The summed E-state index contributed by atoms with van der Waals surface area (Å²) in [5.74, 6) is -1.25. The average molecular weight is 394 g/mol. The van der Waals surface area contributed by atoms with Crippen LogP contribution in [0.4, 0.5) is 11.4 Å². The maximum atomic E-state index is 12.3. The summed E-state index contributed by atoms with van der Waals surface area (Å²) in [6.07, 6.45) is 1.25. The number of anilines is 2. The Morgan fingerprint density at radius 2 is 1.38 bits per heavy atom. The number of hydrogen-bond acceptors (Lipinski definition) is 4. The van der Waals surface area contributed by atoms with Crippen molar-refractivity contribution in [2.24, 2.45) is 0 Å². The van der Waals surface area contributed by atoms with Crippen molar-refractivity contribution in [2.75, 3.05) is 17.7 Å². The maximum Gasteiger partial charge on any atom is 0.337 e. The molecule has 2 rings (SSSR count). The molecule has 6 nitrogen and oxygen atoms in total. The highest BCUT2D eigenvalue weighted by molar-refractivity contribution is 6.10. The molecular weight excluding hydrogens is 368 g/mol. The van der Waals surface area contributed by atoms with Gasteiger partial charge in [-0.2, -0.15) is 0 Å². The van der Waals surface area contributed by atoms with E-state index in [2.05, 4.69) is 36.1 Å². The predicted molar refractivity (Wildman–Crippen MR) is 114 cm³/mol. The van der Waals surface area contributed by atoms with Crippen molar-refractivity contribution in [1.82, 2.24) is 0 Å². The highest BCUT2D eigenvalue weighted by Gasteiger charge is 2.13. The summed E-state index contributed by atoms with van der Waals surface area (Å²) in [6.45, 7) is 7.91. The summed E-state index contributed by atoms with van der Waals surface area (Å²) in [5, 5.41) is 5.43. The van der Waals surface area contributed by atoms with E-state index in [0.717, 1.165) is 0 Å². The minimum atomic E-state index is -0.453. The van der Waals surface area contributed by atoms with Gasteiger partial charge in [-0.3, -0.25) is 9.59 Å². The molecule has 6 heteroatoms. The van der Waals surface area contributed by atoms with E-state index in [4.69, 9.17) is 0 Å². The second kappa shape index (κ2) is 9.19. The van der Waals surface area contributed by atoms with Gasteiger partial charge in [0.05, 0.1) is 12.7 Å². The van der Waals surface area contributed by atoms with Gasteiger partial charge >= 0.3 is 5.97 Å². The summed E-state index contributed by atoms with van der Waals surface area (Å²) in [5.41, 5.74) is 3.01. The van der Waals surface area contributed by atoms with Gasteiger partial charge in [-0.15, -0.1) is 0 Å². The molecule has 2 amide bonds. The SMILES string of the molecule is COC(=O)c1ccc(NC(=O)/C(C)=C/C(=O)Nc2ccc(C(C)(C)C)cc2)cc1. The standard InChI is InChI=1S/C23H26N2O4/c1-15(21(27)25-19-10-6-16(7-11-19)22(28)29-5)14-20(26)24-18-12-8-17(9-13-18)23(2,3)4/h6-14H,1-5H3,(H,24,26)(H,25,27)/b15-14+. The number of rotatable bonds is 5. The van der Waals surface area contributed by atoms with Crippen LogP contribution in [-0.4, -0.2) is 24.9 Å². The van der Waals surface area contributed by atoms with E-state index < -0.39 is 11.9 Å². The Balaban J connectivity index is 1.97. The van der Waals surface area contributed by atoms with Gasteiger partial charge in [0, 0.05) is 23.0 Å². The Labute approximate surface area is 171 Å². The first-order valence-electron chi connectivity index (χ1n) is 9.19. The molecule has 0 aliphatic rings. The molecule has 0 saturated heterocycles. The van der Waals surface area contributed by atoms with Crippen LogP contribution in [0.2, 0.25) is 0 Å². The lowest BCUT2D eigenvalue weighted by Crippen LogP contribution is -2.16. The molecule has 0 aromatic heterocycles. The molecule has 0 bridgehead atoms. The number of ether oxygens (including phenoxy) is 1. The quantitative estimate of drug-likeness (QED) is 0.585. The lowest BCUT2D eigenvalue weighted by atomic mass is 9.87. The highest BCUT2D eigenvalue weighted by atomic mass is 16.5. The fourth-order valence-electron chi connectivity index (χ4n) is 2.53. The van der Waals surface area contributed by atoms with Crippen molar-refractivity contribution in [3.05, 3.63) is 71.3 Å². The molecule has 0 unspecified atom stereocenters. The zero-order chi connectivity index (χ0) is 21.6. The van der Waals surface area contributed by atoms with Crippen LogP contribution in [0.25, 0.3) is 0 Å². The predicted octanol–water partition coefficient (Wildman–Crippen LogP) is 4.29. The van der Waals surface area contributed by atoms with Gasteiger partial charge in [0.15, 0.2) is 0 Å². The van der Waals surface area contributed by atoms with Crippen LogP contribution in [0.1, 0.15) is 43.6 Å². The van der Waals surface area contributed by atoms with Gasteiger partial charge in [-0.1, -0.05) is 32.9 Å². The van der Waals surface area contributed by atoms with Crippen molar-refractivity contribution in [2.45, 2.75) is 33.1 Å². The molecule has 0 saturated carbocycles. The van der Waals surface area contributed by atoms with Gasteiger partial charge < -0.3 is 15.4 Å². The number of nitrogens with one attached hydrogen (secondary N) is 2. The minimum Gasteiger partial charge on any atom is -0.465 e. The summed E-state index contributed by atoms with van der Waals surface area (Å²) in [6, 6.07) is 13.9. The molecule has 0 spiro atoms. The van der Waals surface area contributed by atoms with Gasteiger partial charge in [0.1, 0.15) is 0 Å². The Hall–Kier alpha value is -3.41. The lowest BCUT2D eigenvalue weighted by molar-refractivity contribution is -0.114. The molecular formula is C23H26N2O4. The van der Waals surface area contributed by atoms with Crippen LogP contribution in [0.5, 0.6) is 0 Å². The van der Waals surface area contributed by atoms with E-state index in [9.17, 15) is 14.4 Å². The smallest absolute Gasteiger partial charge is 0.337 e. The molecule has 29 heavy (non-hydrogen) atoms. The minimum absolute atomic E-state index is 0.0339. The summed E-state index contributed by atoms with van der Waals surface area (Å²) < 4.78 is 4.63. The Morgan fingerprint density at radius 1 is 0.862 bits per heavy atom. The van der Waals surface area contributed by atoms with Crippen LogP contribution in [-0.2, 0) is 19.7 Å². The molecule has 0 aliphatic heterocycles. The van der Waals surface area contributed by atoms with E-state index in [1.807, 2.05) is 24.3 Å². The molecule has 152 valence electrons. The first-order valence-corrected chi connectivity index (χ1v) is 9.19. The van der Waals surface area contributed by atoms with Crippen molar-refractivity contribution in [1.29, 1.82) is 0 Å². The zero-order valence-corrected chi connectivity index (χ0v) is 17.3. The molecule has 0 fully saturated rings. The molecule has 0 heterocycles. The number of methoxy groups -OCH3 is 1. The van der Waals surface area contributed by atoms with Gasteiger partial charge in [0.25, 0.3) is 5.91 Å². The summed E-state index contributed by atoms with van der Waals surface area (Å²) in [4.78, 5) is 35.9. The Morgan fingerprint density at radius 3 is 1.90 bits per heavy atom. The molecule has 2 aromatic carbocycles. The molecule has 2 aromatic rings. The number of hydrogen-bond donors (Lipinski definition) is 2. The van der Waals surface area contributed by atoms with E-state index in [1.54, 1.807) is 31.2 Å². The monoisotopic (exact) mass is 394 g/mol. The number of carbonyl (C=O) groups excluding carboxylic acids is 3. The van der Waals surface area contributed by atoms with Crippen molar-refractivity contribution >= 4 is 29.2 Å². The van der Waals surface area contributed by atoms with Crippen LogP contribution in [0.3, 0.4) is 0 Å². The van der Waals surface area contributed by atoms with E-state index in [1.165, 1.54) is 18.7 Å². The van der Waals surface area contributed by atoms with Crippen LogP contribution < -0.4 is 10.6 Å². The fourth-order valence-corrected chi connectivity index (χ4v) is 2.53. The first-order chi connectivity index (χ1) is 13.6. The van der Waals surface area contributed by atoms with E-state index in [0.29, 0.717) is 16.9 Å². The van der Waals surface area contributed by atoms with Crippen molar-refractivity contribution < 1.29 is 19.1 Å². The average Bonchev–Trinajstić information content (AvgIpc) is 2.67. The number of esters is 1. The molecule has 0 aliphatic carbocycles. The zero-order valence-electron chi connectivity index (χ0n) is 17.3. The van der Waals surface area contributed by atoms with Crippen molar-refractivity contribution in [3.8, 4) is 0 Å². The van der Waals surface area contributed by atoms with Gasteiger partial charge in [0.2, 0.25) is 5.91 Å². The van der Waals surface area contributed by atoms with Crippen LogP contribution in [0.15, 0.2) is 60.2 Å². The highest BCUT2D eigenvalue weighted by Crippen LogP contribution is 2.23. The van der Waals surface area contributed by atoms with E-state index in [-0.39, 0.29) is 16.9 Å². The third-order valence-electron chi connectivity index (χ3n) is 4.29. The topological polar surface area (TPSA) is 84.5 Å². The maximum absolute atomic E-state index is 12.3. The van der Waals surface area contributed by atoms with E-state index >= 15 is 0 Å². The molecule has 2 N–H and O–H groups in total. The van der Waals surface area contributed by atoms with Gasteiger partial charge in [-0.05, 0) is 54.3 Å². The second-order valence-electron chi connectivity index (χ2n) is 7.67. The van der Waals surface area contributed by atoms with Crippen LogP contribution in [0, 0.1) is 0 Å². The number of carbonyl (C=O) groups is 3. The first kappa shape index (κ1) is 21.9. The Bertz CT molecular complexity index is 921. The third-order valence-corrected chi connectivity index (χ3v) is 4.29. The second-order valence-corrected chi connectivity index (χ2v) is 7.67. The summed E-state index contributed by atoms with van der Waals surface area (Å²) in [7, 11) is 1.30. The number of benzene rings is 2. The largest absolute Gasteiger partial charge is 0.465 e. The molecule has 0 radical (unpaired) electrons. The fraction of sp³-hybridized carbons (Fsp3) is 0.261. The molecule has 0 atom stereocenters. The lowest BCUT2D eigenvalue weighted by Gasteiger charge is -2.19. The van der Waals surface area contributed by atoms with Crippen LogP contribution >= 0.6 is 0 Å². The number of amides is 2. The van der Waals surface area contributed by atoms with Gasteiger partial charge in [-0.25, -0.2) is 4.79 Å². The van der Waals surface area contributed by atoms with Crippen molar-refractivity contribution in [3.63, 3.8) is 0 Å².